The van der Waals surface area contributed by atoms with Crippen molar-refractivity contribution in [1.82, 2.24) is 20.0 Å². The highest BCUT2D eigenvalue weighted by atomic mass is 16.2. The molecule has 0 aliphatic carbocycles. The second kappa shape index (κ2) is 9.37. The number of nitrogens with one attached hydrogen (secondary N) is 2. The number of hydrogen-bond acceptors (Lipinski definition) is 5. The Morgan fingerprint density at radius 3 is 2.38 bits per heavy atom. The molecule has 0 aromatic heterocycles. The lowest BCUT2D eigenvalue weighted by Crippen LogP contribution is -2.60. The summed E-state index contributed by atoms with van der Waals surface area (Å²) < 4.78 is 0. The minimum Gasteiger partial charge on any atom is -0.353 e. The molecule has 2 fully saturated rings. The van der Waals surface area contributed by atoms with Crippen molar-refractivity contribution in [2.45, 2.75) is 26.3 Å². The molecule has 1 atom stereocenters. The Balaban J connectivity index is 1.62. The monoisotopic (exact) mass is 401 g/mol. The van der Waals surface area contributed by atoms with E-state index in [0.29, 0.717) is 18.8 Å². The minimum absolute atomic E-state index is 0.0483. The molecular weight excluding hydrogens is 370 g/mol. The normalized spacial score (nSPS) is 21.0. The summed E-state index contributed by atoms with van der Waals surface area (Å²) in [5.41, 5.74) is 2.82. The number of benzene rings is 1. The molecule has 1 aromatic carbocycles. The van der Waals surface area contributed by atoms with Gasteiger partial charge in [-0.15, -0.1) is 0 Å². The van der Waals surface area contributed by atoms with E-state index in [0.717, 1.165) is 37.3 Å². The molecule has 0 bridgehead atoms. The second-order valence-electron chi connectivity index (χ2n) is 8.10. The highest BCUT2D eigenvalue weighted by molar-refractivity contribution is 5.97. The van der Waals surface area contributed by atoms with Gasteiger partial charge in [0, 0.05) is 45.0 Å². The fraction of sp³-hybridized carbons (Fsp3) is 0.571. The number of hydrogen-bond donors (Lipinski definition) is 2. The van der Waals surface area contributed by atoms with Crippen molar-refractivity contribution in [2.75, 3.05) is 58.2 Å². The summed E-state index contributed by atoms with van der Waals surface area (Å²) in [5, 5.41) is 5.65. The summed E-state index contributed by atoms with van der Waals surface area (Å²) in [4.78, 5) is 43.8. The number of piperazine rings is 2. The largest absolute Gasteiger partial charge is 0.353 e. The van der Waals surface area contributed by atoms with Crippen LogP contribution in [0.3, 0.4) is 0 Å². The van der Waals surface area contributed by atoms with Crippen molar-refractivity contribution in [3.63, 3.8) is 0 Å². The lowest BCUT2D eigenvalue weighted by Gasteiger charge is -2.37. The Kier molecular flexibility index (Phi) is 6.87. The van der Waals surface area contributed by atoms with Crippen LogP contribution in [0, 0.1) is 13.8 Å². The summed E-state index contributed by atoms with van der Waals surface area (Å²) in [6, 6.07) is 5.04. The molecule has 29 heavy (non-hydrogen) atoms. The smallest absolute Gasteiger partial charge is 0.243 e. The van der Waals surface area contributed by atoms with Crippen molar-refractivity contribution in [3.05, 3.63) is 29.3 Å². The zero-order valence-corrected chi connectivity index (χ0v) is 17.5. The van der Waals surface area contributed by atoms with E-state index in [1.807, 2.05) is 32.0 Å². The average molecular weight is 402 g/mol. The van der Waals surface area contributed by atoms with Gasteiger partial charge < -0.3 is 20.4 Å². The number of anilines is 1. The van der Waals surface area contributed by atoms with Crippen LogP contribution >= 0.6 is 0 Å². The maximum Gasteiger partial charge on any atom is 0.243 e. The van der Waals surface area contributed by atoms with Gasteiger partial charge in [-0.1, -0.05) is 6.07 Å². The predicted molar refractivity (Wildman–Crippen MR) is 112 cm³/mol. The quantitative estimate of drug-likeness (QED) is 0.737. The van der Waals surface area contributed by atoms with Gasteiger partial charge in [0.15, 0.2) is 0 Å². The molecule has 2 aliphatic heterocycles. The molecule has 1 aromatic rings. The van der Waals surface area contributed by atoms with Gasteiger partial charge >= 0.3 is 0 Å². The van der Waals surface area contributed by atoms with E-state index < -0.39 is 6.04 Å². The maximum atomic E-state index is 12.9. The van der Waals surface area contributed by atoms with Gasteiger partial charge in [0.25, 0.3) is 0 Å². The van der Waals surface area contributed by atoms with Crippen LogP contribution in [0.4, 0.5) is 5.69 Å². The Hall–Kier alpha value is -2.45. The molecule has 8 heteroatoms. The van der Waals surface area contributed by atoms with Crippen molar-refractivity contribution in [3.8, 4) is 0 Å². The van der Waals surface area contributed by atoms with Crippen LogP contribution in [0.5, 0.6) is 0 Å². The first kappa shape index (κ1) is 21.3. The minimum atomic E-state index is -0.769. The fourth-order valence-corrected chi connectivity index (χ4v) is 3.94. The third kappa shape index (κ3) is 5.77. The molecule has 2 aliphatic rings. The van der Waals surface area contributed by atoms with Crippen LogP contribution in [-0.4, -0.2) is 91.3 Å². The lowest BCUT2D eigenvalue weighted by atomic mass is 10.1. The van der Waals surface area contributed by atoms with Crippen molar-refractivity contribution in [2.24, 2.45) is 0 Å². The first-order valence-electron chi connectivity index (χ1n) is 10.2. The van der Waals surface area contributed by atoms with Gasteiger partial charge in [0.2, 0.25) is 17.7 Å². The Labute approximate surface area is 172 Å². The predicted octanol–water partition coefficient (Wildman–Crippen LogP) is 0.206. The molecule has 3 rings (SSSR count). The maximum absolute atomic E-state index is 12.9. The molecule has 3 amide bonds. The summed E-state index contributed by atoms with van der Waals surface area (Å²) in [6.45, 7) is 8.59. The third-order valence-electron chi connectivity index (χ3n) is 5.49. The van der Waals surface area contributed by atoms with Gasteiger partial charge in [0.05, 0.1) is 13.0 Å². The van der Waals surface area contributed by atoms with Crippen LogP contribution in [0.15, 0.2) is 18.2 Å². The summed E-state index contributed by atoms with van der Waals surface area (Å²) in [7, 11) is 2.07. The molecular formula is C21H31N5O3. The number of aryl methyl sites for hydroxylation is 2. The lowest BCUT2D eigenvalue weighted by molar-refractivity contribution is -0.145. The first-order valence-corrected chi connectivity index (χ1v) is 10.2. The van der Waals surface area contributed by atoms with Gasteiger partial charge in [-0.2, -0.15) is 0 Å². The Bertz CT molecular complexity index is 753. The van der Waals surface area contributed by atoms with Crippen LogP contribution in [0.2, 0.25) is 0 Å². The molecule has 0 saturated carbocycles. The molecule has 158 valence electrons. The average Bonchev–Trinajstić information content (AvgIpc) is 2.64. The van der Waals surface area contributed by atoms with Crippen molar-refractivity contribution in [1.29, 1.82) is 0 Å². The number of carbonyl (C=O) groups is 3. The van der Waals surface area contributed by atoms with E-state index in [1.165, 1.54) is 0 Å². The highest BCUT2D eigenvalue weighted by Crippen LogP contribution is 2.16. The van der Waals surface area contributed by atoms with E-state index in [9.17, 15) is 14.4 Å². The van der Waals surface area contributed by atoms with E-state index in [2.05, 4.69) is 27.5 Å². The van der Waals surface area contributed by atoms with Crippen LogP contribution in [-0.2, 0) is 14.4 Å². The molecule has 0 spiro atoms. The van der Waals surface area contributed by atoms with Crippen LogP contribution in [0.25, 0.3) is 0 Å². The zero-order valence-electron chi connectivity index (χ0n) is 17.5. The summed E-state index contributed by atoms with van der Waals surface area (Å²) in [5.74, 6) is -0.624. The molecule has 0 unspecified atom stereocenters. The number of likely N-dealkylation sites (N-methyl/N-ethyl adjacent to an activating group) is 1. The number of amides is 3. The summed E-state index contributed by atoms with van der Waals surface area (Å²) >= 11 is 0. The van der Waals surface area contributed by atoms with Crippen LogP contribution in [0.1, 0.15) is 17.5 Å². The Morgan fingerprint density at radius 1 is 1.07 bits per heavy atom. The Morgan fingerprint density at radius 2 is 1.72 bits per heavy atom. The van der Waals surface area contributed by atoms with Crippen LogP contribution < -0.4 is 10.6 Å². The van der Waals surface area contributed by atoms with Gasteiger partial charge in [0.1, 0.15) is 6.04 Å². The van der Waals surface area contributed by atoms with E-state index in [4.69, 9.17) is 0 Å². The molecule has 2 saturated heterocycles. The highest BCUT2D eigenvalue weighted by Gasteiger charge is 2.35. The summed E-state index contributed by atoms with van der Waals surface area (Å²) in [6.07, 6.45) is -0.0483. The zero-order chi connectivity index (χ0) is 21.0. The van der Waals surface area contributed by atoms with Crippen molar-refractivity contribution < 1.29 is 14.4 Å². The SMILES string of the molecule is Cc1cc(C)cc(NC(=O)C[C@@H]2C(=O)NCCN2C(=O)CN2CCN(C)CC2)c1. The molecule has 0 radical (unpaired) electrons. The molecule has 2 N–H and O–H groups in total. The fourth-order valence-electron chi connectivity index (χ4n) is 3.94. The van der Waals surface area contributed by atoms with Gasteiger partial charge in [-0.25, -0.2) is 0 Å². The number of nitrogens with zero attached hydrogens (tertiary/aromatic N) is 3. The third-order valence-corrected chi connectivity index (χ3v) is 5.49. The van der Waals surface area contributed by atoms with E-state index in [1.54, 1.807) is 4.90 Å². The van der Waals surface area contributed by atoms with E-state index in [-0.39, 0.29) is 30.7 Å². The van der Waals surface area contributed by atoms with Gasteiger partial charge in [-0.3, -0.25) is 19.3 Å². The second-order valence-corrected chi connectivity index (χ2v) is 8.10. The first-order chi connectivity index (χ1) is 13.8. The number of carbonyl (C=O) groups excluding carboxylic acids is 3. The van der Waals surface area contributed by atoms with E-state index >= 15 is 0 Å². The van der Waals surface area contributed by atoms with Crippen molar-refractivity contribution >= 4 is 23.4 Å². The molecule has 2 heterocycles. The number of rotatable bonds is 5. The van der Waals surface area contributed by atoms with Gasteiger partial charge in [-0.05, 0) is 44.2 Å². The topological polar surface area (TPSA) is 85.0 Å². The standard InChI is InChI=1S/C21H31N5O3/c1-15-10-16(2)12-17(11-15)23-19(27)13-18-21(29)22-4-5-26(18)20(28)14-25-8-6-24(3)7-9-25/h10-12,18H,4-9,13-14H2,1-3H3,(H,22,29)(H,23,27)/t18-/m1/s1. The molecule has 8 nitrogen and oxygen atoms in total.